The second-order valence-electron chi connectivity index (χ2n) is 5.56. The number of sulfonamides is 1. The largest absolute Gasteiger partial charge is 0.248 e. The summed E-state index contributed by atoms with van der Waals surface area (Å²) in [5.41, 5.74) is 0.552. The van der Waals surface area contributed by atoms with Crippen LogP contribution in [0.25, 0.3) is 0 Å². The number of rotatable bonds is 7. The predicted octanol–water partition coefficient (Wildman–Crippen LogP) is 3.49. The maximum atomic E-state index is 12.9. The van der Waals surface area contributed by atoms with Gasteiger partial charge in [0.1, 0.15) is 10.8 Å². The van der Waals surface area contributed by atoms with E-state index < -0.39 is 10.0 Å². The van der Waals surface area contributed by atoms with Crippen LogP contribution in [-0.4, -0.2) is 13.4 Å². The minimum atomic E-state index is -3.52. The minimum absolute atomic E-state index is 0.173. The molecule has 1 N–H and O–H groups in total. The first-order valence-electron chi connectivity index (χ1n) is 6.99. The van der Waals surface area contributed by atoms with Crippen molar-refractivity contribution < 1.29 is 12.8 Å². The Hall–Kier alpha value is -1.31. The van der Waals surface area contributed by atoms with Crippen molar-refractivity contribution in [2.45, 2.75) is 32.1 Å². The van der Waals surface area contributed by atoms with E-state index in [4.69, 9.17) is 0 Å². The molecule has 0 fully saturated rings. The van der Waals surface area contributed by atoms with E-state index in [1.54, 1.807) is 6.20 Å². The van der Waals surface area contributed by atoms with Gasteiger partial charge in [-0.2, -0.15) is 0 Å². The van der Waals surface area contributed by atoms with Gasteiger partial charge in [-0.3, -0.25) is 0 Å². The van der Waals surface area contributed by atoms with Crippen molar-refractivity contribution in [2.24, 2.45) is 5.92 Å². The summed E-state index contributed by atoms with van der Waals surface area (Å²) in [5, 5.41) is 2.59. The smallest absolute Gasteiger partial charge is 0.216 e. The molecule has 1 aromatic heterocycles. The van der Waals surface area contributed by atoms with Crippen molar-refractivity contribution in [3.8, 4) is 0 Å². The molecule has 0 amide bonds. The minimum Gasteiger partial charge on any atom is -0.248 e. The Bertz CT molecular complexity index is 683. The van der Waals surface area contributed by atoms with Crippen LogP contribution >= 0.6 is 11.3 Å². The van der Waals surface area contributed by atoms with Crippen LogP contribution in [0.15, 0.2) is 35.8 Å². The highest BCUT2D eigenvalue weighted by Crippen LogP contribution is 2.24. The van der Waals surface area contributed by atoms with Gasteiger partial charge in [-0.25, -0.2) is 22.5 Å². The summed E-state index contributed by atoms with van der Waals surface area (Å²) >= 11 is 1.43. The van der Waals surface area contributed by atoms with Gasteiger partial charge in [0.25, 0.3) is 0 Å². The molecule has 2 aromatic rings. The third-order valence-corrected chi connectivity index (χ3v) is 5.29. The Morgan fingerprint density at radius 3 is 2.50 bits per heavy atom. The molecule has 1 unspecified atom stereocenters. The molecule has 7 heteroatoms. The number of nitrogens with zero attached hydrogens (tertiary/aromatic N) is 1. The van der Waals surface area contributed by atoms with E-state index in [1.165, 1.54) is 35.6 Å². The van der Waals surface area contributed by atoms with Crippen molar-refractivity contribution >= 4 is 21.4 Å². The average molecular weight is 342 g/mol. The second kappa shape index (κ2) is 7.30. The van der Waals surface area contributed by atoms with E-state index in [0.29, 0.717) is 17.9 Å². The molecule has 22 heavy (non-hydrogen) atoms. The molecular formula is C15H19FN2O2S2. The summed E-state index contributed by atoms with van der Waals surface area (Å²) in [7, 11) is -3.52. The highest BCUT2D eigenvalue weighted by atomic mass is 32.2. The van der Waals surface area contributed by atoms with E-state index >= 15 is 0 Å². The Morgan fingerprint density at radius 2 is 1.95 bits per heavy atom. The van der Waals surface area contributed by atoms with Gasteiger partial charge in [0.05, 0.1) is 11.8 Å². The standard InChI is InChI=1S/C15H19FN2O2S2/c1-11(2)9-14(15-17-7-8-21-15)18-22(19,20)10-12-3-5-13(16)6-4-12/h3-8,11,14,18H,9-10H2,1-2H3. The Labute approximate surface area is 134 Å². The lowest BCUT2D eigenvalue weighted by atomic mass is 10.1. The zero-order valence-electron chi connectivity index (χ0n) is 12.5. The lowest BCUT2D eigenvalue weighted by Gasteiger charge is -2.18. The number of hydrogen-bond acceptors (Lipinski definition) is 4. The molecule has 2 rings (SSSR count). The van der Waals surface area contributed by atoms with Crippen molar-refractivity contribution in [2.75, 3.05) is 0 Å². The number of thiazole rings is 1. The number of aromatic nitrogens is 1. The predicted molar refractivity (Wildman–Crippen MR) is 86.5 cm³/mol. The maximum Gasteiger partial charge on any atom is 0.216 e. The fraction of sp³-hybridized carbons (Fsp3) is 0.400. The lowest BCUT2D eigenvalue weighted by Crippen LogP contribution is -2.30. The summed E-state index contributed by atoms with van der Waals surface area (Å²) in [6, 6.07) is 5.16. The normalized spacial score (nSPS) is 13.5. The first-order valence-corrected chi connectivity index (χ1v) is 9.53. The first kappa shape index (κ1) is 17.1. The second-order valence-corrected chi connectivity index (χ2v) is 8.24. The van der Waals surface area contributed by atoms with Gasteiger partial charge in [-0.15, -0.1) is 11.3 Å². The van der Waals surface area contributed by atoms with Gasteiger partial charge in [-0.1, -0.05) is 26.0 Å². The topological polar surface area (TPSA) is 59.1 Å². The molecule has 1 heterocycles. The number of hydrogen-bond donors (Lipinski definition) is 1. The molecule has 0 aliphatic carbocycles. The third kappa shape index (κ3) is 5.15. The van der Waals surface area contributed by atoms with Crippen LogP contribution in [0.3, 0.4) is 0 Å². The van der Waals surface area contributed by atoms with Crippen LogP contribution in [-0.2, 0) is 15.8 Å². The molecule has 120 valence electrons. The summed E-state index contributed by atoms with van der Waals surface area (Å²) < 4.78 is 40.3. The maximum absolute atomic E-state index is 12.9. The van der Waals surface area contributed by atoms with E-state index in [2.05, 4.69) is 9.71 Å². The summed E-state index contributed by atoms with van der Waals surface area (Å²) in [6.07, 6.45) is 2.34. The zero-order valence-corrected chi connectivity index (χ0v) is 14.1. The molecule has 0 saturated carbocycles. The highest BCUT2D eigenvalue weighted by Gasteiger charge is 2.22. The van der Waals surface area contributed by atoms with Crippen LogP contribution in [0.2, 0.25) is 0 Å². The van der Waals surface area contributed by atoms with Crippen LogP contribution in [0.5, 0.6) is 0 Å². The molecule has 1 aromatic carbocycles. The molecule has 1 atom stereocenters. The summed E-state index contributed by atoms with van der Waals surface area (Å²) in [6.45, 7) is 4.07. The Kier molecular flexibility index (Phi) is 5.66. The molecule has 0 radical (unpaired) electrons. The molecule has 0 aliphatic rings. The fourth-order valence-electron chi connectivity index (χ4n) is 2.14. The molecule has 0 spiro atoms. The van der Waals surface area contributed by atoms with Gasteiger partial charge in [0, 0.05) is 11.6 Å². The monoisotopic (exact) mass is 342 g/mol. The zero-order chi connectivity index (χ0) is 16.2. The van der Waals surface area contributed by atoms with Crippen molar-refractivity contribution in [1.29, 1.82) is 0 Å². The number of nitrogens with one attached hydrogen (secondary N) is 1. The van der Waals surface area contributed by atoms with Gasteiger partial charge in [-0.05, 0) is 30.0 Å². The van der Waals surface area contributed by atoms with Gasteiger partial charge >= 0.3 is 0 Å². The molecule has 0 saturated heterocycles. The lowest BCUT2D eigenvalue weighted by molar-refractivity contribution is 0.470. The van der Waals surface area contributed by atoms with E-state index in [0.717, 1.165) is 5.01 Å². The van der Waals surface area contributed by atoms with Crippen molar-refractivity contribution in [1.82, 2.24) is 9.71 Å². The van der Waals surface area contributed by atoms with E-state index in [9.17, 15) is 12.8 Å². The van der Waals surface area contributed by atoms with Gasteiger partial charge < -0.3 is 0 Å². The number of halogens is 1. The third-order valence-electron chi connectivity index (χ3n) is 3.05. The highest BCUT2D eigenvalue weighted by molar-refractivity contribution is 7.88. The average Bonchev–Trinajstić information content (AvgIpc) is 2.93. The van der Waals surface area contributed by atoms with Crippen LogP contribution < -0.4 is 4.72 Å². The van der Waals surface area contributed by atoms with E-state index in [-0.39, 0.29) is 17.6 Å². The van der Waals surface area contributed by atoms with E-state index in [1.807, 2.05) is 19.2 Å². The van der Waals surface area contributed by atoms with Gasteiger partial charge in [0.15, 0.2) is 0 Å². The first-order chi connectivity index (χ1) is 10.4. The van der Waals surface area contributed by atoms with Crippen LogP contribution in [0, 0.1) is 11.7 Å². The van der Waals surface area contributed by atoms with Gasteiger partial charge in [0.2, 0.25) is 10.0 Å². The molecule has 4 nitrogen and oxygen atoms in total. The fourth-order valence-corrected chi connectivity index (χ4v) is 4.27. The molecular weight excluding hydrogens is 323 g/mol. The van der Waals surface area contributed by atoms with Crippen molar-refractivity contribution in [3.05, 3.63) is 52.2 Å². The Balaban J connectivity index is 2.12. The van der Waals surface area contributed by atoms with Crippen molar-refractivity contribution in [3.63, 3.8) is 0 Å². The summed E-state index contributed by atoms with van der Waals surface area (Å²) in [4.78, 5) is 4.21. The van der Waals surface area contributed by atoms with Crippen LogP contribution in [0.1, 0.15) is 36.9 Å². The molecule has 0 bridgehead atoms. The Morgan fingerprint density at radius 1 is 1.27 bits per heavy atom. The number of benzene rings is 1. The molecule has 0 aliphatic heterocycles. The van der Waals surface area contributed by atoms with Crippen LogP contribution in [0.4, 0.5) is 4.39 Å². The SMILES string of the molecule is CC(C)CC(NS(=O)(=O)Cc1ccc(F)cc1)c1nccs1. The quantitative estimate of drug-likeness (QED) is 0.838. The summed E-state index contributed by atoms with van der Waals surface area (Å²) in [5.74, 6) is -0.218.